The van der Waals surface area contributed by atoms with Crippen LogP contribution in [0.5, 0.6) is 0 Å². The quantitative estimate of drug-likeness (QED) is 0.728. The number of nitrogens with one attached hydrogen (secondary N) is 1. The molecule has 5 heteroatoms. The molecule has 0 aliphatic heterocycles. The van der Waals surface area contributed by atoms with Crippen LogP contribution in [0, 0.1) is 6.92 Å². The Morgan fingerprint density at radius 3 is 2.70 bits per heavy atom. The molecule has 2 N–H and O–H groups in total. The molecule has 1 aliphatic carbocycles. The number of aryl methyl sites for hydroxylation is 1. The van der Waals surface area contributed by atoms with Gasteiger partial charge in [0, 0.05) is 12.7 Å². The highest BCUT2D eigenvalue weighted by Gasteiger charge is 2.29. The lowest BCUT2D eigenvalue weighted by Crippen LogP contribution is -2.23. The number of carboxylic acids is 1. The van der Waals surface area contributed by atoms with Crippen LogP contribution in [0.3, 0.4) is 0 Å². The van der Waals surface area contributed by atoms with Gasteiger partial charge in [-0.1, -0.05) is 18.2 Å². The van der Waals surface area contributed by atoms with Crippen molar-refractivity contribution in [2.75, 3.05) is 7.05 Å². The van der Waals surface area contributed by atoms with E-state index < -0.39 is 11.5 Å². The monoisotopic (exact) mass is 362 g/mol. The molecule has 0 unspecified atom stereocenters. The van der Waals surface area contributed by atoms with Crippen LogP contribution in [0.4, 0.5) is 0 Å². The maximum Gasteiger partial charge on any atom is 0.341 e. The van der Waals surface area contributed by atoms with Gasteiger partial charge in [0.05, 0.1) is 5.52 Å². The lowest BCUT2D eigenvalue weighted by Gasteiger charge is -2.16. The highest BCUT2D eigenvalue weighted by atomic mass is 16.4. The molecular weight excluding hydrogens is 340 g/mol. The van der Waals surface area contributed by atoms with E-state index in [0.717, 1.165) is 47.2 Å². The summed E-state index contributed by atoms with van der Waals surface area (Å²) in [5, 5.41) is 12.6. The minimum atomic E-state index is -1.17. The van der Waals surface area contributed by atoms with Gasteiger partial charge in [0.1, 0.15) is 5.56 Å². The van der Waals surface area contributed by atoms with E-state index in [1.54, 1.807) is 12.3 Å². The molecule has 1 saturated carbocycles. The van der Waals surface area contributed by atoms with Crippen LogP contribution in [0.25, 0.3) is 16.6 Å². The van der Waals surface area contributed by atoms with Crippen molar-refractivity contribution in [1.29, 1.82) is 0 Å². The molecule has 1 aromatic carbocycles. The Hall–Kier alpha value is -2.92. The molecule has 0 bridgehead atoms. The van der Waals surface area contributed by atoms with Crippen molar-refractivity contribution in [3.05, 3.63) is 75.2 Å². The largest absolute Gasteiger partial charge is 0.477 e. The standard InChI is InChI=1S/C22H22N2O3/c1-13-17(16-5-3-4-14(10-16)12-23-2)8-9-24-20(13)18(15-6-7-15)11-19(21(24)25)22(26)27/h3-5,8-11,15,23H,6-7,12H2,1-2H3,(H,26,27). The van der Waals surface area contributed by atoms with Crippen molar-refractivity contribution >= 4 is 11.5 Å². The van der Waals surface area contributed by atoms with Crippen LogP contribution in [-0.2, 0) is 6.54 Å². The summed E-state index contributed by atoms with van der Waals surface area (Å²) in [4.78, 5) is 24.2. The Morgan fingerprint density at radius 2 is 2.04 bits per heavy atom. The van der Waals surface area contributed by atoms with Gasteiger partial charge in [-0.15, -0.1) is 0 Å². The van der Waals surface area contributed by atoms with Gasteiger partial charge in [-0.25, -0.2) is 4.79 Å². The van der Waals surface area contributed by atoms with E-state index in [1.165, 1.54) is 9.96 Å². The molecule has 0 atom stereocenters. The predicted molar refractivity (Wildman–Crippen MR) is 106 cm³/mol. The zero-order valence-corrected chi connectivity index (χ0v) is 15.5. The molecule has 0 amide bonds. The predicted octanol–water partition coefficient (Wildman–Crippen LogP) is 3.57. The minimum absolute atomic E-state index is 0.155. The number of aromatic nitrogens is 1. The summed E-state index contributed by atoms with van der Waals surface area (Å²) in [5.74, 6) is -0.832. The number of fused-ring (bicyclic) bond motifs is 1. The van der Waals surface area contributed by atoms with Crippen molar-refractivity contribution in [2.24, 2.45) is 0 Å². The van der Waals surface area contributed by atoms with Crippen molar-refractivity contribution in [2.45, 2.75) is 32.2 Å². The zero-order valence-electron chi connectivity index (χ0n) is 15.5. The Labute approximate surface area is 157 Å². The van der Waals surface area contributed by atoms with Gasteiger partial charge < -0.3 is 10.4 Å². The van der Waals surface area contributed by atoms with E-state index in [4.69, 9.17) is 0 Å². The van der Waals surface area contributed by atoms with Crippen LogP contribution in [0.15, 0.2) is 47.4 Å². The normalized spacial score (nSPS) is 13.9. The molecule has 0 radical (unpaired) electrons. The number of hydrogen-bond donors (Lipinski definition) is 2. The Morgan fingerprint density at radius 1 is 1.26 bits per heavy atom. The smallest absolute Gasteiger partial charge is 0.341 e. The molecule has 138 valence electrons. The van der Waals surface area contributed by atoms with Crippen LogP contribution in [0.2, 0.25) is 0 Å². The van der Waals surface area contributed by atoms with E-state index in [1.807, 2.05) is 26.1 Å². The second kappa shape index (κ2) is 6.67. The zero-order chi connectivity index (χ0) is 19.1. The number of nitrogens with zero attached hydrogens (tertiary/aromatic N) is 1. The SMILES string of the molecule is CNCc1cccc(-c2ccn3c(=O)c(C(=O)O)cc(C4CC4)c3c2C)c1. The average molecular weight is 362 g/mol. The fraction of sp³-hybridized carbons (Fsp3) is 0.273. The van der Waals surface area contributed by atoms with Crippen molar-refractivity contribution in [3.63, 3.8) is 0 Å². The fourth-order valence-electron chi connectivity index (χ4n) is 3.82. The van der Waals surface area contributed by atoms with Crippen LogP contribution < -0.4 is 10.9 Å². The molecule has 3 aromatic rings. The Bertz CT molecular complexity index is 1110. The van der Waals surface area contributed by atoms with E-state index >= 15 is 0 Å². The minimum Gasteiger partial charge on any atom is -0.477 e. The second-order valence-corrected chi connectivity index (χ2v) is 7.20. The third-order valence-electron chi connectivity index (χ3n) is 5.28. The third kappa shape index (κ3) is 3.04. The van der Waals surface area contributed by atoms with Crippen molar-refractivity contribution < 1.29 is 9.90 Å². The van der Waals surface area contributed by atoms with Crippen LogP contribution in [-0.4, -0.2) is 22.5 Å². The maximum atomic E-state index is 12.7. The summed E-state index contributed by atoms with van der Waals surface area (Å²) in [5.41, 5.74) is 5.56. The number of carbonyl (C=O) groups is 1. The summed E-state index contributed by atoms with van der Waals surface area (Å²) in [7, 11) is 1.92. The first kappa shape index (κ1) is 17.5. The third-order valence-corrected chi connectivity index (χ3v) is 5.28. The maximum absolute atomic E-state index is 12.7. The van der Waals surface area contributed by atoms with E-state index in [9.17, 15) is 14.7 Å². The van der Waals surface area contributed by atoms with Gasteiger partial charge in [-0.3, -0.25) is 9.20 Å². The van der Waals surface area contributed by atoms with Gasteiger partial charge in [0.15, 0.2) is 0 Å². The number of hydrogen-bond acceptors (Lipinski definition) is 3. The number of rotatable bonds is 5. The van der Waals surface area contributed by atoms with E-state index in [0.29, 0.717) is 5.92 Å². The van der Waals surface area contributed by atoms with E-state index in [-0.39, 0.29) is 5.56 Å². The molecule has 1 aliphatic rings. The Balaban J connectivity index is 1.98. The molecule has 5 nitrogen and oxygen atoms in total. The molecule has 2 aromatic heterocycles. The molecular formula is C22H22N2O3. The van der Waals surface area contributed by atoms with Crippen molar-refractivity contribution in [3.8, 4) is 11.1 Å². The first-order chi connectivity index (χ1) is 13.0. The first-order valence-electron chi connectivity index (χ1n) is 9.17. The average Bonchev–Trinajstić information content (AvgIpc) is 3.48. The van der Waals surface area contributed by atoms with Gasteiger partial charge in [0.25, 0.3) is 5.56 Å². The number of aromatic carboxylic acids is 1. The molecule has 0 spiro atoms. The van der Waals surface area contributed by atoms with E-state index in [2.05, 4.69) is 23.5 Å². The number of benzene rings is 1. The molecule has 2 heterocycles. The van der Waals surface area contributed by atoms with Gasteiger partial charge >= 0.3 is 5.97 Å². The highest BCUT2D eigenvalue weighted by Crippen LogP contribution is 2.43. The topological polar surface area (TPSA) is 70.8 Å². The lowest BCUT2D eigenvalue weighted by atomic mass is 9.95. The summed E-state index contributed by atoms with van der Waals surface area (Å²) in [6, 6.07) is 11.8. The van der Waals surface area contributed by atoms with Gasteiger partial charge in [-0.05, 0) is 78.7 Å². The molecule has 4 rings (SSSR count). The first-order valence-corrected chi connectivity index (χ1v) is 9.17. The summed E-state index contributed by atoms with van der Waals surface area (Å²) < 4.78 is 1.51. The fourth-order valence-corrected chi connectivity index (χ4v) is 3.82. The van der Waals surface area contributed by atoms with Crippen LogP contribution >= 0.6 is 0 Å². The molecule has 1 fully saturated rings. The summed E-state index contributed by atoms with van der Waals surface area (Å²) >= 11 is 0. The van der Waals surface area contributed by atoms with Gasteiger partial charge in [0.2, 0.25) is 0 Å². The number of pyridine rings is 2. The summed E-state index contributed by atoms with van der Waals surface area (Å²) in [6.07, 6.45) is 3.78. The highest BCUT2D eigenvalue weighted by molar-refractivity contribution is 5.89. The van der Waals surface area contributed by atoms with Crippen molar-refractivity contribution in [1.82, 2.24) is 9.72 Å². The lowest BCUT2D eigenvalue weighted by molar-refractivity contribution is 0.0694. The second-order valence-electron chi connectivity index (χ2n) is 7.20. The van der Waals surface area contributed by atoms with Crippen LogP contribution in [0.1, 0.15) is 45.8 Å². The molecule has 0 saturated heterocycles. The summed E-state index contributed by atoms with van der Waals surface area (Å²) in [6.45, 7) is 2.80. The Kier molecular flexibility index (Phi) is 4.32. The van der Waals surface area contributed by atoms with Gasteiger partial charge in [-0.2, -0.15) is 0 Å². The molecule has 27 heavy (non-hydrogen) atoms. The number of carboxylic acid groups (broad SMARTS) is 1.